The van der Waals surface area contributed by atoms with Crippen LogP contribution >= 0.6 is 0 Å². The third kappa shape index (κ3) is 3.82. The molecule has 3 nitrogen and oxygen atoms in total. The quantitative estimate of drug-likeness (QED) is 0.355. The third-order valence-corrected chi connectivity index (χ3v) is 4.68. The van der Waals surface area contributed by atoms with Gasteiger partial charge in [0, 0.05) is 12.6 Å². The highest BCUT2D eigenvalue weighted by molar-refractivity contribution is 6.73. The lowest BCUT2D eigenvalue weighted by molar-refractivity contribution is 0.106. The van der Waals surface area contributed by atoms with Crippen molar-refractivity contribution < 1.29 is 4.79 Å². The van der Waals surface area contributed by atoms with Crippen LogP contribution < -0.4 is 0 Å². The normalized spacial score (nSPS) is 12.4. The maximum atomic E-state index is 12.1. The van der Waals surface area contributed by atoms with E-state index in [4.69, 9.17) is 0 Å². The fraction of sp³-hybridized carbons (Fsp3) is 0.385. The molecule has 0 bridgehead atoms. The number of nitrogens with zero attached hydrogens (tertiary/aromatic N) is 2. The summed E-state index contributed by atoms with van der Waals surface area (Å²) >= 11 is 0. The average molecular weight is 248 g/mol. The molecule has 0 heterocycles. The molecule has 0 spiro atoms. The molecule has 0 atom stereocenters. The summed E-state index contributed by atoms with van der Waals surface area (Å²) < 4.78 is 1.95. The van der Waals surface area contributed by atoms with Crippen LogP contribution in [-0.2, 0) is 0 Å². The van der Waals surface area contributed by atoms with Gasteiger partial charge in [-0.1, -0.05) is 50.0 Å². The van der Waals surface area contributed by atoms with E-state index in [1.54, 1.807) is 6.92 Å². The van der Waals surface area contributed by atoms with Crippen molar-refractivity contribution in [2.24, 2.45) is 5.10 Å². The number of hydrogen-bond donors (Lipinski definition) is 0. The van der Waals surface area contributed by atoms with E-state index in [0.717, 1.165) is 0 Å². The molecule has 1 rings (SSSR count). The van der Waals surface area contributed by atoms with Crippen LogP contribution in [-0.4, -0.2) is 31.5 Å². The zero-order valence-corrected chi connectivity index (χ0v) is 12.2. The van der Waals surface area contributed by atoms with E-state index < -0.39 is 8.24 Å². The molecule has 0 fully saturated rings. The number of hydrogen-bond acceptors (Lipinski definition) is 3. The summed E-state index contributed by atoms with van der Waals surface area (Å²) in [4.78, 5) is 12.1. The van der Waals surface area contributed by atoms with Gasteiger partial charge in [0.05, 0.1) is 0 Å². The fourth-order valence-electron chi connectivity index (χ4n) is 1.22. The lowest BCUT2D eigenvalue weighted by Gasteiger charge is -2.27. The maximum absolute atomic E-state index is 12.1. The molecular weight excluding hydrogens is 228 g/mol. The molecule has 1 aromatic carbocycles. The van der Waals surface area contributed by atoms with Gasteiger partial charge in [-0.15, -0.1) is 0 Å². The van der Waals surface area contributed by atoms with Crippen LogP contribution in [0.1, 0.15) is 17.3 Å². The van der Waals surface area contributed by atoms with Gasteiger partial charge in [-0.25, -0.2) is 0 Å². The molecule has 0 saturated heterocycles. The first-order valence-corrected chi connectivity index (χ1v) is 9.16. The van der Waals surface area contributed by atoms with E-state index >= 15 is 0 Å². The zero-order chi connectivity index (χ0) is 13.1. The highest BCUT2D eigenvalue weighted by Gasteiger charge is 2.20. The number of Topliss-reactive ketones (excluding diaryl/α,β-unsaturated/α-hetero) is 1. The van der Waals surface area contributed by atoms with Crippen molar-refractivity contribution in [2.75, 3.05) is 7.05 Å². The van der Waals surface area contributed by atoms with Crippen LogP contribution in [0.2, 0.25) is 19.6 Å². The van der Waals surface area contributed by atoms with Crippen molar-refractivity contribution in [2.45, 2.75) is 26.6 Å². The van der Waals surface area contributed by atoms with E-state index in [-0.39, 0.29) is 5.78 Å². The lowest BCUT2D eigenvalue weighted by atomic mass is 10.1. The highest BCUT2D eigenvalue weighted by Crippen LogP contribution is 2.08. The first kappa shape index (κ1) is 13.6. The van der Waals surface area contributed by atoms with Crippen LogP contribution in [0.5, 0.6) is 0 Å². The van der Waals surface area contributed by atoms with Crippen molar-refractivity contribution in [3.05, 3.63) is 35.9 Å². The van der Waals surface area contributed by atoms with Crippen LogP contribution in [0, 0.1) is 0 Å². The molecule has 0 aliphatic rings. The van der Waals surface area contributed by atoms with Crippen LogP contribution in [0.15, 0.2) is 35.4 Å². The SMILES string of the molecule is CC(=NN(C)[Si](C)(C)C)C(=O)c1ccccc1. The Bertz CT molecular complexity index is 421. The van der Waals surface area contributed by atoms with E-state index in [1.165, 1.54) is 0 Å². The molecule has 1 aromatic rings. The Morgan fingerprint density at radius 2 is 1.71 bits per heavy atom. The molecule has 0 aliphatic heterocycles. The number of hydrazone groups is 1. The number of carbonyl (C=O) groups excluding carboxylic acids is 1. The molecular formula is C13H20N2OSi. The first-order chi connectivity index (χ1) is 7.82. The lowest BCUT2D eigenvalue weighted by Crippen LogP contribution is -2.40. The minimum atomic E-state index is -1.48. The summed E-state index contributed by atoms with van der Waals surface area (Å²) in [6, 6.07) is 9.26. The van der Waals surface area contributed by atoms with Gasteiger partial charge in [-0.05, 0) is 6.92 Å². The van der Waals surface area contributed by atoms with Gasteiger partial charge in [0.1, 0.15) is 5.71 Å². The summed E-state index contributed by atoms with van der Waals surface area (Å²) in [6.45, 7) is 8.34. The largest absolute Gasteiger partial charge is 0.327 e. The van der Waals surface area contributed by atoms with Gasteiger partial charge in [0.15, 0.2) is 8.24 Å². The number of carbonyl (C=O) groups is 1. The summed E-state index contributed by atoms with van der Waals surface area (Å²) in [6.07, 6.45) is 0. The Hall–Kier alpha value is -1.42. The fourth-order valence-corrected chi connectivity index (χ4v) is 1.67. The summed E-state index contributed by atoms with van der Waals surface area (Å²) in [5.74, 6) is -0.00398. The molecule has 4 heteroatoms. The number of rotatable bonds is 4. The molecule has 0 N–H and O–H groups in total. The summed E-state index contributed by atoms with van der Waals surface area (Å²) in [5.41, 5.74) is 1.24. The van der Waals surface area contributed by atoms with Crippen molar-refractivity contribution in [3.63, 3.8) is 0 Å². The predicted octanol–water partition coefficient (Wildman–Crippen LogP) is 3.01. The maximum Gasteiger partial charge on any atom is 0.208 e. The Balaban J connectivity index is 2.88. The third-order valence-electron chi connectivity index (χ3n) is 2.64. The van der Waals surface area contributed by atoms with Crippen molar-refractivity contribution >= 4 is 19.7 Å². The molecule has 0 radical (unpaired) electrons. The highest BCUT2D eigenvalue weighted by atomic mass is 28.3. The Morgan fingerprint density at radius 1 is 1.18 bits per heavy atom. The van der Waals surface area contributed by atoms with Gasteiger partial charge >= 0.3 is 0 Å². The molecule has 0 aliphatic carbocycles. The second-order valence-corrected chi connectivity index (χ2v) is 10.1. The zero-order valence-electron chi connectivity index (χ0n) is 11.2. The van der Waals surface area contributed by atoms with Crippen molar-refractivity contribution in [1.82, 2.24) is 4.67 Å². The Kier molecular flexibility index (Phi) is 4.23. The van der Waals surface area contributed by atoms with Crippen LogP contribution in [0.3, 0.4) is 0 Å². The van der Waals surface area contributed by atoms with Crippen molar-refractivity contribution in [1.29, 1.82) is 0 Å². The minimum absolute atomic E-state index is 0.00398. The summed E-state index contributed by atoms with van der Waals surface area (Å²) in [5, 5.41) is 4.39. The second kappa shape index (κ2) is 5.27. The first-order valence-electron chi connectivity index (χ1n) is 5.71. The Morgan fingerprint density at radius 3 is 2.18 bits per heavy atom. The minimum Gasteiger partial charge on any atom is -0.327 e. The van der Waals surface area contributed by atoms with E-state index in [1.807, 2.05) is 42.1 Å². The van der Waals surface area contributed by atoms with Gasteiger partial charge in [-0.2, -0.15) is 5.10 Å². The molecule has 0 aromatic heterocycles. The standard InChI is InChI=1S/C13H20N2OSi/c1-11(14-15(2)17(3,4)5)13(16)12-9-7-6-8-10-12/h6-10H,1-5H3. The molecule has 0 unspecified atom stereocenters. The van der Waals surface area contributed by atoms with Crippen LogP contribution in [0.25, 0.3) is 0 Å². The number of benzene rings is 1. The van der Waals surface area contributed by atoms with Gasteiger partial charge in [0.2, 0.25) is 5.78 Å². The van der Waals surface area contributed by atoms with E-state index in [0.29, 0.717) is 11.3 Å². The summed E-state index contributed by atoms with van der Waals surface area (Å²) in [7, 11) is 0.462. The van der Waals surface area contributed by atoms with Crippen LogP contribution in [0.4, 0.5) is 0 Å². The van der Waals surface area contributed by atoms with Gasteiger partial charge in [-0.3, -0.25) is 4.79 Å². The Labute approximate surface area is 104 Å². The molecule has 0 saturated carbocycles. The number of ketones is 1. The van der Waals surface area contributed by atoms with Gasteiger partial charge < -0.3 is 4.67 Å². The van der Waals surface area contributed by atoms with E-state index in [9.17, 15) is 4.79 Å². The average Bonchev–Trinajstić information content (AvgIpc) is 2.27. The topological polar surface area (TPSA) is 32.7 Å². The smallest absolute Gasteiger partial charge is 0.208 e. The van der Waals surface area contributed by atoms with Crippen molar-refractivity contribution in [3.8, 4) is 0 Å². The molecule has 92 valence electrons. The predicted molar refractivity (Wildman–Crippen MR) is 75.0 cm³/mol. The molecule has 0 amide bonds. The van der Waals surface area contributed by atoms with Gasteiger partial charge in [0.25, 0.3) is 0 Å². The second-order valence-electron chi connectivity index (χ2n) is 5.07. The molecule has 17 heavy (non-hydrogen) atoms. The monoisotopic (exact) mass is 248 g/mol. The van der Waals surface area contributed by atoms with E-state index in [2.05, 4.69) is 24.7 Å².